The van der Waals surface area contributed by atoms with Crippen LogP contribution in [0.1, 0.15) is 16.8 Å². The van der Waals surface area contributed by atoms with E-state index in [0.717, 1.165) is 0 Å². The minimum atomic E-state index is -0.477. The molecule has 0 aliphatic carbocycles. The molecule has 0 fully saturated rings. The lowest BCUT2D eigenvalue weighted by Gasteiger charge is -2.08. The van der Waals surface area contributed by atoms with Gasteiger partial charge in [-0.25, -0.2) is 9.78 Å². The van der Waals surface area contributed by atoms with Crippen molar-refractivity contribution >= 4 is 17.7 Å². The lowest BCUT2D eigenvalue weighted by molar-refractivity contribution is -0.117. The Bertz CT molecular complexity index is 393. The number of esters is 1. The number of hydrogen-bond acceptors (Lipinski definition) is 5. The third-order valence-electron chi connectivity index (χ3n) is 1.88. The van der Waals surface area contributed by atoms with Gasteiger partial charge in [-0.1, -0.05) is 0 Å². The summed E-state index contributed by atoms with van der Waals surface area (Å²) < 4.78 is 4.59. The third-order valence-corrected chi connectivity index (χ3v) is 1.88. The summed E-state index contributed by atoms with van der Waals surface area (Å²) >= 11 is 0. The number of primary amides is 1. The number of methoxy groups -OCH3 is 1. The minimum absolute atomic E-state index is 0.178. The van der Waals surface area contributed by atoms with Gasteiger partial charge in [0.1, 0.15) is 11.4 Å². The van der Waals surface area contributed by atoms with E-state index >= 15 is 0 Å². The van der Waals surface area contributed by atoms with Crippen molar-refractivity contribution in [3.63, 3.8) is 0 Å². The first-order valence-corrected chi connectivity index (χ1v) is 4.70. The first kappa shape index (κ1) is 12.0. The van der Waals surface area contributed by atoms with Crippen molar-refractivity contribution in [1.82, 2.24) is 4.98 Å². The average molecular weight is 223 g/mol. The normalized spacial score (nSPS) is 9.56. The molecule has 0 spiro atoms. The van der Waals surface area contributed by atoms with E-state index in [1.54, 1.807) is 18.3 Å². The molecule has 6 nitrogen and oxygen atoms in total. The summed E-state index contributed by atoms with van der Waals surface area (Å²) in [5.74, 6) is -0.506. The molecule has 3 N–H and O–H groups in total. The number of nitrogens with one attached hydrogen (secondary N) is 1. The summed E-state index contributed by atoms with van der Waals surface area (Å²) in [6, 6.07) is 3.22. The van der Waals surface area contributed by atoms with Crippen molar-refractivity contribution in [2.75, 3.05) is 19.0 Å². The molecular formula is C10H13N3O3. The molecule has 1 aromatic heterocycles. The first-order chi connectivity index (χ1) is 7.65. The second kappa shape index (κ2) is 5.69. The molecule has 0 radical (unpaired) electrons. The molecule has 1 rings (SSSR count). The number of aromatic nitrogens is 1. The molecule has 1 aromatic rings. The third kappa shape index (κ3) is 3.23. The molecule has 0 aliphatic heterocycles. The molecular weight excluding hydrogens is 210 g/mol. The number of amides is 1. The summed E-state index contributed by atoms with van der Waals surface area (Å²) in [4.78, 5) is 25.9. The van der Waals surface area contributed by atoms with Crippen LogP contribution >= 0.6 is 0 Å². The van der Waals surface area contributed by atoms with Gasteiger partial charge in [0.05, 0.1) is 7.11 Å². The highest BCUT2D eigenvalue weighted by molar-refractivity contribution is 5.94. The second-order valence-corrected chi connectivity index (χ2v) is 3.03. The van der Waals surface area contributed by atoms with E-state index in [1.165, 1.54) is 7.11 Å². The van der Waals surface area contributed by atoms with Gasteiger partial charge in [-0.2, -0.15) is 0 Å². The van der Waals surface area contributed by atoms with Crippen LogP contribution < -0.4 is 11.1 Å². The van der Waals surface area contributed by atoms with Crippen molar-refractivity contribution in [1.29, 1.82) is 0 Å². The van der Waals surface area contributed by atoms with E-state index in [1.807, 2.05) is 0 Å². The van der Waals surface area contributed by atoms with Gasteiger partial charge >= 0.3 is 5.97 Å². The van der Waals surface area contributed by atoms with Crippen LogP contribution in [0.2, 0.25) is 0 Å². The maximum Gasteiger partial charge on any atom is 0.341 e. The van der Waals surface area contributed by atoms with Crippen molar-refractivity contribution < 1.29 is 14.3 Å². The van der Waals surface area contributed by atoms with Crippen molar-refractivity contribution in [3.8, 4) is 0 Å². The molecule has 0 aliphatic rings. The largest absolute Gasteiger partial charge is 0.465 e. The number of anilines is 1. The Morgan fingerprint density at radius 2 is 2.31 bits per heavy atom. The number of carbonyl (C=O) groups is 2. The molecule has 0 saturated heterocycles. The molecule has 0 saturated carbocycles. The van der Waals surface area contributed by atoms with E-state index in [-0.39, 0.29) is 6.42 Å². The quantitative estimate of drug-likeness (QED) is 0.693. The maximum atomic E-state index is 11.3. The van der Waals surface area contributed by atoms with Crippen LogP contribution in [0, 0.1) is 0 Å². The maximum absolute atomic E-state index is 11.3. The topological polar surface area (TPSA) is 94.3 Å². The number of nitrogens with zero attached hydrogens (tertiary/aromatic N) is 1. The first-order valence-electron chi connectivity index (χ1n) is 4.70. The van der Waals surface area contributed by atoms with Gasteiger partial charge in [-0.3, -0.25) is 4.79 Å². The summed E-state index contributed by atoms with van der Waals surface area (Å²) in [5.41, 5.74) is 5.32. The van der Waals surface area contributed by atoms with Crippen molar-refractivity contribution in [3.05, 3.63) is 23.9 Å². The minimum Gasteiger partial charge on any atom is -0.465 e. The average Bonchev–Trinajstić information content (AvgIpc) is 2.28. The zero-order valence-corrected chi connectivity index (χ0v) is 8.90. The zero-order valence-electron chi connectivity index (χ0n) is 8.90. The number of hydrogen-bond donors (Lipinski definition) is 2. The highest BCUT2D eigenvalue weighted by atomic mass is 16.5. The van der Waals surface area contributed by atoms with E-state index in [2.05, 4.69) is 15.0 Å². The Balaban J connectivity index is 2.71. The van der Waals surface area contributed by atoms with E-state index < -0.39 is 11.9 Å². The Kier molecular flexibility index (Phi) is 4.26. The Morgan fingerprint density at radius 3 is 2.94 bits per heavy atom. The molecule has 0 unspecified atom stereocenters. The van der Waals surface area contributed by atoms with Gasteiger partial charge in [0, 0.05) is 19.2 Å². The van der Waals surface area contributed by atoms with Crippen LogP contribution in [-0.2, 0) is 9.53 Å². The highest BCUT2D eigenvalue weighted by Crippen LogP contribution is 2.12. The number of nitrogens with two attached hydrogens (primary N) is 1. The summed E-state index contributed by atoms with van der Waals surface area (Å²) in [7, 11) is 1.29. The van der Waals surface area contributed by atoms with E-state index in [0.29, 0.717) is 17.9 Å². The van der Waals surface area contributed by atoms with E-state index in [4.69, 9.17) is 5.73 Å². The Morgan fingerprint density at radius 1 is 1.56 bits per heavy atom. The molecule has 86 valence electrons. The molecule has 1 amide bonds. The van der Waals surface area contributed by atoms with Crippen LogP contribution in [0.3, 0.4) is 0 Å². The molecule has 1 heterocycles. The molecule has 16 heavy (non-hydrogen) atoms. The van der Waals surface area contributed by atoms with Crippen LogP contribution in [0.4, 0.5) is 5.82 Å². The second-order valence-electron chi connectivity index (χ2n) is 3.03. The van der Waals surface area contributed by atoms with E-state index in [9.17, 15) is 9.59 Å². The molecule has 0 atom stereocenters. The summed E-state index contributed by atoms with van der Waals surface area (Å²) in [6.45, 7) is 0.330. The fraction of sp³-hybridized carbons (Fsp3) is 0.300. The molecule has 0 aromatic carbocycles. The van der Waals surface area contributed by atoms with Gasteiger partial charge in [0.2, 0.25) is 5.91 Å². The number of ether oxygens (including phenoxy) is 1. The zero-order chi connectivity index (χ0) is 12.0. The molecule has 0 bridgehead atoms. The smallest absolute Gasteiger partial charge is 0.341 e. The Hall–Kier alpha value is -2.11. The fourth-order valence-corrected chi connectivity index (χ4v) is 1.12. The van der Waals surface area contributed by atoms with Gasteiger partial charge in [-0.15, -0.1) is 0 Å². The van der Waals surface area contributed by atoms with Crippen LogP contribution in [0.5, 0.6) is 0 Å². The van der Waals surface area contributed by atoms with Crippen molar-refractivity contribution in [2.24, 2.45) is 5.73 Å². The predicted octanol–water partition coefficient (Wildman–Crippen LogP) is 0.155. The van der Waals surface area contributed by atoms with Crippen molar-refractivity contribution in [2.45, 2.75) is 6.42 Å². The van der Waals surface area contributed by atoms with Gasteiger partial charge in [-0.05, 0) is 12.1 Å². The van der Waals surface area contributed by atoms with Crippen LogP contribution in [-0.4, -0.2) is 30.5 Å². The Labute approximate surface area is 92.8 Å². The van der Waals surface area contributed by atoms with Gasteiger partial charge in [0.15, 0.2) is 0 Å². The van der Waals surface area contributed by atoms with Crippen LogP contribution in [0.25, 0.3) is 0 Å². The SMILES string of the molecule is COC(=O)c1cccnc1NCCC(N)=O. The molecule has 6 heteroatoms. The lowest BCUT2D eigenvalue weighted by Crippen LogP contribution is -2.17. The monoisotopic (exact) mass is 223 g/mol. The standard InChI is InChI=1S/C10H13N3O3/c1-16-10(15)7-3-2-5-12-9(7)13-6-4-8(11)14/h2-3,5H,4,6H2,1H3,(H2,11,14)(H,12,13). The highest BCUT2D eigenvalue weighted by Gasteiger charge is 2.11. The van der Waals surface area contributed by atoms with Gasteiger partial charge in [0.25, 0.3) is 0 Å². The summed E-state index contributed by atoms with van der Waals surface area (Å²) in [6.07, 6.45) is 1.72. The predicted molar refractivity (Wildman–Crippen MR) is 57.9 cm³/mol. The lowest BCUT2D eigenvalue weighted by atomic mass is 10.2. The number of pyridine rings is 1. The number of rotatable bonds is 5. The van der Waals surface area contributed by atoms with Crippen LogP contribution in [0.15, 0.2) is 18.3 Å². The fourth-order valence-electron chi connectivity index (χ4n) is 1.12. The van der Waals surface area contributed by atoms with Gasteiger partial charge < -0.3 is 15.8 Å². The summed E-state index contributed by atoms with van der Waals surface area (Å²) in [5, 5.41) is 2.85. The number of carbonyl (C=O) groups excluding carboxylic acids is 2.